The van der Waals surface area contributed by atoms with E-state index in [9.17, 15) is 9.18 Å². The van der Waals surface area contributed by atoms with Crippen LogP contribution in [0.3, 0.4) is 0 Å². The van der Waals surface area contributed by atoms with Gasteiger partial charge in [0.15, 0.2) is 0 Å². The fraction of sp³-hybridized carbons (Fsp3) is 0. The van der Waals surface area contributed by atoms with Crippen molar-refractivity contribution in [1.82, 2.24) is 9.38 Å². The summed E-state index contributed by atoms with van der Waals surface area (Å²) in [5.74, 6) is -1.37. The molecule has 19 heavy (non-hydrogen) atoms. The smallest absolute Gasteiger partial charge is 0.335 e. The molecule has 0 aliphatic heterocycles. The van der Waals surface area contributed by atoms with Crippen LogP contribution < -0.4 is 0 Å². The third-order valence-electron chi connectivity index (χ3n) is 2.86. The van der Waals surface area contributed by atoms with Crippen molar-refractivity contribution in [2.75, 3.05) is 0 Å². The molecular weight excluding hydrogens is 247 g/mol. The zero-order chi connectivity index (χ0) is 13.4. The van der Waals surface area contributed by atoms with Crippen LogP contribution in [0.4, 0.5) is 4.39 Å². The topological polar surface area (TPSA) is 54.6 Å². The highest BCUT2D eigenvalue weighted by atomic mass is 19.1. The van der Waals surface area contributed by atoms with E-state index in [1.165, 1.54) is 18.2 Å². The van der Waals surface area contributed by atoms with Gasteiger partial charge >= 0.3 is 5.97 Å². The van der Waals surface area contributed by atoms with E-state index >= 15 is 0 Å². The molecule has 3 aromatic rings. The van der Waals surface area contributed by atoms with Gasteiger partial charge in [0.1, 0.15) is 11.5 Å². The van der Waals surface area contributed by atoms with Gasteiger partial charge in [0.25, 0.3) is 0 Å². The molecule has 5 heteroatoms. The molecule has 2 aromatic heterocycles. The summed E-state index contributed by atoms with van der Waals surface area (Å²) >= 11 is 0. The van der Waals surface area contributed by atoms with E-state index in [1.807, 2.05) is 0 Å². The minimum Gasteiger partial charge on any atom is -0.478 e. The second kappa shape index (κ2) is 4.20. The van der Waals surface area contributed by atoms with Crippen LogP contribution in [-0.4, -0.2) is 20.5 Å². The number of carbonyl (C=O) groups is 1. The Morgan fingerprint density at radius 3 is 2.79 bits per heavy atom. The predicted octanol–water partition coefficient (Wildman–Crippen LogP) is 2.84. The zero-order valence-corrected chi connectivity index (χ0v) is 9.75. The molecule has 0 spiro atoms. The van der Waals surface area contributed by atoms with E-state index in [0.29, 0.717) is 16.9 Å². The molecule has 0 atom stereocenters. The lowest BCUT2D eigenvalue weighted by atomic mass is 10.1. The fourth-order valence-electron chi connectivity index (χ4n) is 1.91. The van der Waals surface area contributed by atoms with Gasteiger partial charge < -0.3 is 9.51 Å². The number of rotatable bonds is 2. The van der Waals surface area contributed by atoms with E-state index in [0.717, 1.165) is 0 Å². The minimum absolute atomic E-state index is 0.151. The van der Waals surface area contributed by atoms with Crippen molar-refractivity contribution < 1.29 is 14.3 Å². The highest BCUT2D eigenvalue weighted by Gasteiger charge is 2.10. The molecule has 0 unspecified atom stereocenters. The Balaban J connectivity index is 2.17. The maximum absolute atomic E-state index is 13.7. The van der Waals surface area contributed by atoms with Gasteiger partial charge in [0.2, 0.25) is 0 Å². The Labute approximate surface area is 107 Å². The molecule has 0 fully saturated rings. The molecular formula is C14H9FN2O2. The Morgan fingerprint density at radius 1 is 1.26 bits per heavy atom. The van der Waals surface area contributed by atoms with Crippen LogP contribution in [0.5, 0.6) is 0 Å². The van der Waals surface area contributed by atoms with Crippen LogP contribution in [0.15, 0.2) is 48.8 Å². The number of benzene rings is 1. The molecule has 0 saturated heterocycles. The number of aromatic carboxylic acids is 1. The summed E-state index contributed by atoms with van der Waals surface area (Å²) in [6, 6.07) is 9.26. The van der Waals surface area contributed by atoms with Crippen molar-refractivity contribution >= 4 is 11.6 Å². The summed E-state index contributed by atoms with van der Waals surface area (Å²) in [5.41, 5.74) is 1.49. The Kier molecular flexibility index (Phi) is 2.52. The third-order valence-corrected chi connectivity index (χ3v) is 2.86. The molecule has 0 aliphatic carbocycles. The standard InChI is InChI=1S/C14H9FN2O2/c15-11-4-2-1-3-10(11)12-8-17-6-5-9(14(18)19)7-13(17)16-12/h1-8H,(H,18,19). The number of pyridine rings is 1. The first kappa shape index (κ1) is 11.4. The molecule has 4 nitrogen and oxygen atoms in total. The maximum atomic E-state index is 13.7. The molecule has 0 aliphatic rings. The second-order valence-electron chi connectivity index (χ2n) is 4.09. The Morgan fingerprint density at radius 2 is 2.05 bits per heavy atom. The molecule has 0 saturated carbocycles. The summed E-state index contributed by atoms with van der Waals surface area (Å²) in [4.78, 5) is 15.1. The third kappa shape index (κ3) is 1.95. The largest absolute Gasteiger partial charge is 0.478 e. The molecule has 0 bridgehead atoms. The first-order valence-corrected chi connectivity index (χ1v) is 5.62. The molecule has 2 heterocycles. The lowest BCUT2D eigenvalue weighted by molar-refractivity contribution is 0.0697. The van der Waals surface area contributed by atoms with Gasteiger partial charge in [-0.2, -0.15) is 0 Å². The maximum Gasteiger partial charge on any atom is 0.335 e. The monoisotopic (exact) mass is 256 g/mol. The van der Waals surface area contributed by atoms with Gasteiger partial charge in [-0.15, -0.1) is 0 Å². The molecule has 3 rings (SSSR count). The minimum atomic E-state index is -1.02. The van der Waals surface area contributed by atoms with Crippen LogP contribution in [0.1, 0.15) is 10.4 Å². The van der Waals surface area contributed by atoms with Gasteiger partial charge in [-0.05, 0) is 24.3 Å². The van der Waals surface area contributed by atoms with Crippen LogP contribution in [0, 0.1) is 5.82 Å². The second-order valence-corrected chi connectivity index (χ2v) is 4.09. The number of aromatic nitrogens is 2. The van der Waals surface area contributed by atoms with Crippen molar-refractivity contribution in [3.63, 3.8) is 0 Å². The van der Waals surface area contributed by atoms with E-state index in [-0.39, 0.29) is 11.4 Å². The van der Waals surface area contributed by atoms with Crippen LogP contribution in [0.25, 0.3) is 16.9 Å². The SMILES string of the molecule is O=C(O)c1ccn2cc(-c3ccccc3F)nc2c1. The summed E-state index contributed by atoms with van der Waals surface area (Å²) < 4.78 is 15.3. The van der Waals surface area contributed by atoms with Crippen molar-refractivity contribution in [1.29, 1.82) is 0 Å². The first-order valence-electron chi connectivity index (χ1n) is 5.62. The zero-order valence-electron chi connectivity index (χ0n) is 9.75. The quantitative estimate of drug-likeness (QED) is 0.767. The van der Waals surface area contributed by atoms with Crippen molar-refractivity contribution in [2.45, 2.75) is 0 Å². The highest BCUT2D eigenvalue weighted by Crippen LogP contribution is 2.22. The number of halogens is 1. The predicted molar refractivity (Wildman–Crippen MR) is 67.5 cm³/mol. The molecule has 0 radical (unpaired) electrons. The lowest BCUT2D eigenvalue weighted by Crippen LogP contribution is -1.96. The summed E-state index contributed by atoms with van der Waals surface area (Å²) in [6.07, 6.45) is 3.26. The number of carboxylic acid groups (broad SMARTS) is 1. The van der Waals surface area contributed by atoms with E-state index < -0.39 is 5.97 Å². The molecule has 0 amide bonds. The van der Waals surface area contributed by atoms with Gasteiger partial charge in [-0.3, -0.25) is 0 Å². The van der Waals surface area contributed by atoms with E-state index in [1.54, 1.807) is 35.0 Å². The number of carboxylic acids is 1. The average Bonchev–Trinajstić information content (AvgIpc) is 2.81. The summed E-state index contributed by atoms with van der Waals surface area (Å²) in [7, 11) is 0. The van der Waals surface area contributed by atoms with E-state index in [2.05, 4.69) is 4.98 Å². The van der Waals surface area contributed by atoms with Crippen LogP contribution in [0.2, 0.25) is 0 Å². The number of imidazole rings is 1. The lowest BCUT2D eigenvalue weighted by Gasteiger charge is -1.96. The van der Waals surface area contributed by atoms with E-state index in [4.69, 9.17) is 5.11 Å². The number of hydrogen-bond donors (Lipinski definition) is 1. The Hall–Kier alpha value is -2.69. The summed E-state index contributed by atoms with van der Waals surface area (Å²) in [6.45, 7) is 0. The normalized spacial score (nSPS) is 10.8. The van der Waals surface area contributed by atoms with Crippen molar-refractivity contribution in [3.8, 4) is 11.3 Å². The van der Waals surface area contributed by atoms with Gasteiger partial charge in [-0.25, -0.2) is 14.2 Å². The highest BCUT2D eigenvalue weighted by molar-refractivity contribution is 5.88. The molecule has 1 N–H and O–H groups in total. The van der Waals surface area contributed by atoms with Gasteiger partial charge in [-0.1, -0.05) is 12.1 Å². The number of hydrogen-bond acceptors (Lipinski definition) is 2. The fourth-order valence-corrected chi connectivity index (χ4v) is 1.91. The molecule has 1 aromatic carbocycles. The van der Waals surface area contributed by atoms with Crippen LogP contribution in [-0.2, 0) is 0 Å². The average molecular weight is 256 g/mol. The number of fused-ring (bicyclic) bond motifs is 1. The van der Waals surface area contributed by atoms with Gasteiger partial charge in [0.05, 0.1) is 11.3 Å². The molecule has 94 valence electrons. The first-order chi connectivity index (χ1) is 9.15. The Bertz CT molecular complexity index is 780. The van der Waals surface area contributed by atoms with Crippen molar-refractivity contribution in [3.05, 3.63) is 60.2 Å². The van der Waals surface area contributed by atoms with Gasteiger partial charge in [0, 0.05) is 18.0 Å². The number of nitrogens with zero attached hydrogens (tertiary/aromatic N) is 2. The van der Waals surface area contributed by atoms with Crippen LogP contribution >= 0.6 is 0 Å². The van der Waals surface area contributed by atoms with Crippen molar-refractivity contribution in [2.24, 2.45) is 0 Å². The summed E-state index contributed by atoms with van der Waals surface area (Å²) in [5, 5.41) is 8.92.